The van der Waals surface area contributed by atoms with Crippen LogP contribution in [-0.2, 0) is 18.3 Å². The Morgan fingerprint density at radius 3 is 2.69 bits per heavy atom. The minimum atomic E-state index is 0.649. The molecule has 7 nitrogen and oxygen atoms in total. The first kappa shape index (κ1) is 16.5. The zero-order valence-electron chi connectivity index (χ0n) is 14.8. The lowest BCUT2D eigenvalue weighted by molar-refractivity contribution is 0.122. The molecule has 0 aliphatic carbocycles. The first-order chi connectivity index (χ1) is 12.8. The van der Waals surface area contributed by atoms with Crippen LogP contribution in [0.5, 0.6) is 0 Å². The SMILES string of the molecule is Cn1nc(-c2ccccc2)cc1CNc1cc(N2CCOCC2)ncn1. The molecule has 26 heavy (non-hydrogen) atoms. The molecular formula is C19H22N6O. The van der Waals surface area contributed by atoms with Gasteiger partial charge in [-0.2, -0.15) is 5.10 Å². The lowest BCUT2D eigenvalue weighted by atomic mass is 10.1. The molecule has 0 spiro atoms. The van der Waals surface area contributed by atoms with E-state index in [0.29, 0.717) is 6.54 Å². The van der Waals surface area contributed by atoms with Gasteiger partial charge in [0.15, 0.2) is 0 Å². The van der Waals surface area contributed by atoms with E-state index in [9.17, 15) is 0 Å². The molecule has 3 heterocycles. The van der Waals surface area contributed by atoms with Crippen LogP contribution >= 0.6 is 0 Å². The zero-order valence-corrected chi connectivity index (χ0v) is 14.8. The van der Waals surface area contributed by atoms with Crippen LogP contribution in [0.15, 0.2) is 48.8 Å². The van der Waals surface area contributed by atoms with Gasteiger partial charge < -0.3 is 15.0 Å². The molecule has 0 bridgehead atoms. The van der Waals surface area contributed by atoms with Gasteiger partial charge in [0.05, 0.1) is 31.1 Å². The van der Waals surface area contributed by atoms with Crippen molar-refractivity contribution in [3.8, 4) is 11.3 Å². The van der Waals surface area contributed by atoms with Gasteiger partial charge in [0.25, 0.3) is 0 Å². The minimum Gasteiger partial charge on any atom is -0.378 e. The summed E-state index contributed by atoms with van der Waals surface area (Å²) in [5.74, 6) is 1.74. The van der Waals surface area contributed by atoms with Crippen LogP contribution in [0.25, 0.3) is 11.3 Å². The van der Waals surface area contributed by atoms with Crippen LogP contribution in [-0.4, -0.2) is 46.1 Å². The second kappa shape index (κ2) is 7.53. The number of hydrogen-bond acceptors (Lipinski definition) is 6. The highest BCUT2D eigenvalue weighted by molar-refractivity contribution is 5.59. The first-order valence-electron chi connectivity index (χ1n) is 8.76. The van der Waals surface area contributed by atoms with Crippen LogP contribution in [0.4, 0.5) is 11.6 Å². The molecule has 7 heteroatoms. The van der Waals surface area contributed by atoms with Crippen molar-refractivity contribution < 1.29 is 4.74 Å². The lowest BCUT2D eigenvalue weighted by Crippen LogP contribution is -2.36. The van der Waals surface area contributed by atoms with Crippen molar-refractivity contribution in [2.45, 2.75) is 6.54 Å². The van der Waals surface area contributed by atoms with E-state index in [1.54, 1.807) is 6.33 Å². The highest BCUT2D eigenvalue weighted by Gasteiger charge is 2.13. The number of nitrogens with zero attached hydrogens (tertiary/aromatic N) is 5. The summed E-state index contributed by atoms with van der Waals surface area (Å²) in [6, 6.07) is 14.3. The fourth-order valence-electron chi connectivity index (χ4n) is 3.01. The molecule has 1 fully saturated rings. The number of nitrogens with one attached hydrogen (secondary N) is 1. The summed E-state index contributed by atoms with van der Waals surface area (Å²) >= 11 is 0. The third-order valence-corrected chi connectivity index (χ3v) is 4.48. The molecular weight excluding hydrogens is 328 g/mol. The van der Waals surface area contributed by atoms with Gasteiger partial charge in [-0.05, 0) is 6.07 Å². The Morgan fingerprint density at radius 1 is 1.08 bits per heavy atom. The van der Waals surface area contributed by atoms with Crippen molar-refractivity contribution in [3.05, 3.63) is 54.5 Å². The van der Waals surface area contributed by atoms with Gasteiger partial charge in [0, 0.05) is 31.8 Å². The minimum absolute atomic E-state index is 0.649. The zero-order chi connectivity index (χ0) is 17.8. The van der Waals surface area contributed by atoms with Crippen LogP contribution in [0.3, 0.4) is 0 Å². The molecule has 0 saturated carbocycles. The molecule has 134 valence electrons. The highest BCUT2D eigenvalue weighted by Crippen LogP contribution is 2.20. The second-order valence-corrected chi connectivity index (χ2v) is 6.22. The molecule has 1 saturated heterocycles. The molecule has 1 aliphatic heterocycles. The molecule has 4 rings (SSSR count). The van der Waals surface area contributed by atoms with Crippen molar-refractivity contribution in [2.24, 2.45) is 7.05 Å². The number of aryl methyl sites for hydroxylation is 1. The van der Waals surface area contributed by atoms with E-state index in [2.05, 4.69) is 43.5 Å². The average Bonchev–Trinajstić information content (AvgIpc) is 3.09. The predicted molar refractivity (Wildman–Crippen MR) is 101 cm³/mol. The highest BCUT2D eigenvalue weighted by atomic mass is 16.5. The Labute approximate surface area is 152 Å². The summed E-state index contributed by atoms with van der Waals surface area (Å²) in [6.45, 7) is 3.85. The fraction of sp³-hybridized carbons (Fsp3) is 0.316. The predicted octanol–water partition coefficient (Wildman–Crippen LogP) is 2.33. The Hall–Kier alpha value is -2.93. The monoisotopic (exact) mass is 350 g/mol. The molecule has 0 atom stereocenters. The van der Waals surface area contributed by atoms with Gasteiger partial charge in [0.1, 0.15) is 18.0 Å². The quantitative estimate of drug-likeness (QED) is 0.762. The van der Waals surface area contributed by atoms with E-state index < -0.39 is 0 Å². The summed E-state index contributed by atoms with van der Waals surface area (Å²) in [5.41, 5.74) is 3.18. The number of ether oxygens (including phenoxy) is 1. The van der Waals surface area contributed by atoms with E-state index in [0.717, 1.165) is 54.9 Å². The van der Waals surface area contributed by atoms with Crippen molar-refractivity contribution in [3.63, 3.8) is 0 Å². The van der Waals surface area contributed by atoms with Crippen molar-refractivity contribution in [1.82, 2.24) is 19.7 Å². The third-order valence-electron chi connectivity index (χ3n) is 4.48. The largest absolute Gasteiger partial charge is 0.378 e. The van der Waals surface area contributed by atoms with Gasteiger partial charge in [-0.15, -0.1) is 0 Å². The second-order valence-electron chi connectivity index (χ2n) is 6.22. The molecule has 1 aliphatic rings. The summed E-state index contributed by atoms with van der Waals surface area (Å²) in [6.07, 6.45) is 1.60. The number of anilines is 2. The number of benzene rings is 1. The van der Waals surface area contributed by atoms with E-state index in [1.807, 2.05) is 36.0 Å². The van der Waals surface area contributed by atoms with Gasteiger partial charge in [-0.3, -0.25) is 4.68 Å². The summed E-state index contributed by atoms with van der Waals surface area (Å²) in [5, 5.41) is 7.98. The molecule has 0 unspecified atom stereocenters. The van der Waals surface area contributed by atoms with Gasteiger partial charge in [-0.25, -0.2) is 9.97 Å². The van der Waals surface area contributed by atoms with Gasteiger partial charge in [0.2, 0.25) is 0 Å². The lowest BCUT2D eigenvalue weighted by Gasteiger charge is -2.27. The van der Waals surface area contributed by atoms with Gasteiger partial charge >= 0.3 is 0 Å². The number of hydrogen-bond donors (Lipinski definition) is 1. The number of rotatable bonds is 5. The third kappa shape index (κ3) is 3.67. The number of aromatic nitrogens is 4. The molecule has 0 amide bonds. The van der Waals surface area contributed by atoms with Crippen LogP contribution in [0, 0.1) is 0 Å². The smallest absolute Gasteiger partial charge is 0.134 e. The first-order valence-corrected chi connectivity index (χ1v) is 8.76. The standard InChI is InChI=1S/C19H22N6O/c1-24-16(11-17(23-24)15-5-3-2-4-6-15)13-20-18-12-19(22-14-21-18)25-7-9-26-10-8-25/h2-6,11-12,14H,7-10,13H2,1H3,(H,20,21,22). The average molecular weight is 350 g/mol. The molecule has 1 N–H and O–H groups in total. The Bertz CT molecular complexity index is 857. The summed E-state index contributed by atoms with van der Waals surface area (Å²) < 4.78 is 7.30. The molecule has 0 radical (unpaired) electrons. The normalized spacial score (nSPS) is 14.4. The van der Waals surface area contributed by atoms with Crippen LogP contribution in [0.1, 0.15) is 5.69 Å². The Kier molecular flexibility index (Phi) is 4.79. The van der Waals surface area contributed by atoms with Crippen molar-refractivity contribution in [1.29, 1.82) is 0 Å². The fourth-order valence-corrected chi connectivity index (χ4v) is 3.01. The maximum absolute atomic E-state index is 5.40. The molecule has 1 aromatic carbocycles. The molecule has 2 aromatic heterocycles. The summed E-state index contributed by atoms with van der Waals surface area (Å²) in [4.78, 5) is 10.9. The Morgan fingerprint density at radius 2 is 1.88 bits per heavy atom. The van der Waals surface area contributed by atoms with E-state index in [1.165, 1.54) is 0 Å². The summed E-state index contributed by atoms with van der Waals surface area (Å²) in [7, 11) is 1.96. The van der Waals surface area contributed by atoms with E-state index in [-0.39, 0.29) is 0 Å². The molecule has 3 aromatic rings. The maximum Gasteiger partial charge on any atom is 0.134 e. The topological polar surface area (TPSA) is 68.1 Å². The van der Waals surface area contributed by atoms with Crippen LogP contribution < -0.4 is 10.2 Å². The number of morpholine rings is 1. The van der Waals surface area contributed by atoms with Gasteiger partial charge in [-0.1, -0.05) is 30.3 Å². The van der Waals surface area contributed by atoms with Crippen molar-refractivity contribution >= 4 is 11.6 Å². The van der Waals surface area contributed by atoms with E-state index in [4.69, 9.17) is 4.74 Å². The van der Waals surface area contributed by atoms with Crippen molar-refractivity contribution in [2.75, 3.05) is 36.5 Å². The Balaban J connectivity index is 1.45. The van der Waals surface area contributed by atoms with E-state index >= 15 is 0 Å². The van der Waals surface area contributed by atoms with Crippen LogP contribution in [0.2, 0.25) is 0 Å². The maximum atomic E-state index is 5.40.